The van der Waals surface area contributed by atoms with Crippen LogP contribution in [0.4, 0.5) is 13.2 Å². The number of carbonyl (C=O) groups is 2. The Kier molecular flexibility index (Phi) is 4.43. The maximum atomic E-state index is 13.3. The summed E-state index contributed by atoms with van der Waals surface area (Å²) >= 11 is 0. The number of hydrogen-bond acceptors (Lipinski definition) is 3. The third-order valence-corrected chi connectivity index (χ3v) is 3.01. The number of allylic oxidation sites excluding steroid dienone is 1. The third-order valence-electron chi connectivity index (χ3n) is 3.01. The summed E-state index contributed by atoms with van der Waals surface area (Å²) in [5.41, 5.74) is -4.30. The van der Waals surface area contributed by atoms with Gasteiger partial charge in [0.2, 0.25) is 5.91 Å². The van der Waals surface area contributed by atoms with Crippen LogP contribution in [0.3, 0.4) is 0 Å². The van der Waals surface area contributed by atoms with Crippen molar-refractivity contribution in [2.24, 2.45) is 0 Å². The molecule has 20 heavy (non-hydrogen) atoms. The number of carbonyl (C=O) groups excluding carboxylic acids is 2. The van der Waals surface area contributed by atoms with Gasteiger partial charge in [-0.15, -0.1) is 0 Å². The van der Waals surface area contributed by atoms with Crippen LogP contribution < -0.4 is 10.6 Å². The summed E-state index contributed by atoms with van der Waals surface area (Å²) in [7, 11) is 0. The predicted octanol–water partition coefficient (Wildman–Crippen LogP) is 1.52. The van der Waals surface area contributed by atoms with Gasteiger partial charge in [0, 0.05) is 12.1 Å². The van der Waals surface area contributed by atoms with Crippen LogP contribution in [0.2, 0.25) is 0 Å². The molecule has 0 saturated heterocycles. The number of nitriles is 1. The highest BCUT2D eigenvalue weighted by atomic mass is 19.4. The first-order valence-electron chi connectivity index (χ1n) is 6.01. The monoisotopic (exact) mass is 289 g/mol. The molecule has 0 spiro atoms. The second kappa shape index (κ2) is 5.53. The van der Waals surface area contributed by atoms with Crippen LogP contribution in [-0.4, -0.2) is 23.5 Å². The standard InChI is InChI=1S/C12H14F3N3O2/c1-3-4-5-9(19)18-11(12(13,14)15)8(6-16)7(2)17-10(11)20/h3-5H2,1-2H3,(H,17,20)(H,18,19)/t11-/m1/s1. The lowest BCUT2D eigenvalue weighted by atomic mass is 9.90. The molecule has 0 unspecified atom stereocenters. The zero-order chi connectivity index (χ0) is 15.6. The molecular formula is C12H14F3N3O2. The molecule has 8 heteroatoms. The van der Waals surface area contributed by atoms with E-state index in [1.807, 2.05) is 5.32 Å². The van der Waals surface area contributed by atoms with Gasteiger partial charge in [0.15, 0.2) is 0 Å². The maximum Gasteiger partial charge on any atom is 0.425 e. The Labute approximate surface area is 113 Å². The van der Waals surface area contributed by atoms with Crippen molar-refractivity contribution in [1.29, 1.82) is 5.26 Å². The first kappa shape index (κ1) is 16.0. The molecule has 1 aliphatic heterocycles. The van der Waals surface area contributed by atoms with Crippen molar-refractivity contribution in [3.63, 3.8) is 0 Å². The van der Waals surface area contributed by atoms with Gasteiger partial charge in [-0.2, -0.15) is 18.4 Å². The van der Waals surface area contributed by atoms with Gasteiger partial charge in [-0.3, -0.25) is 9.59 Å². The molecular weight excluding hydrogens is 275 g/mol. The van der Waals surface area contributed by atoms with E-state index in [9.17, 15) is 22.8 Å². The summed E-state index contributed by atoms with van der Waals surface area (Å²) < 4.78 is 39.9. The first-order chi connectivity index (χ1) is 9.20. The van der Waals surface area contributed by atoms with Gasteiger partial charge < -0.3 is 10.6 Å². The van der Waals surface area contributed by atoms with Crippen LogP contribution in [0.15, 0.2) is 11.3 Å². The van der Waals surface area contributed by atoms with Crippen LogP contribution in [0, 0.1) is 11.3 Å². The van der Waals surface area contributed by atoms with Gasteiger partial charge in [0.25, 0.3) is 11.4 Å². The Morgan fingerprint density at radius 3 is 2.55 bits per heavy atom. The van der Waals surface area contributed by atoms with E-state index in [-0.39, 0.29) is 12.1 Å². The van der Waals surface area contributed by atoms with E-state index >= 15 is 0 Å². The van der Waals surface area contributed by atoms with Crippen LogP contribution in [0.1, 0.15) is 33.1 Å². The second-order valence-corrected chi connectivity index (χ2v) is 4.47. The summed E-state index contributed by atoms with van der Waals surface area (Å²) in [5, 5.41) is 12.5. The first-order valence-corrected chi connectivity index (χ1v) is 6.01. The Hall–Kier alpha value is -2.04. The molecule has 0 bridgehead atoms. The number of alkyl halides is 3. The minimum Gasteiger partial charge on any atom is -0.330 e. The molecule has 1 heterocycles. The van der Waals surface area contributed by atoms with Crippen molar-refractivity contribution in [1.82, 2.24) is 10.6 Å². The molecule has 110 valence electrons. The number of rotatable bonds is 4. The van der Waals surface area contributed by atoms with Gasteiger partial charge in [0.1, 0.15) is 0 Å². The normalized spacial score (nSPS) is 22.5. The zero-order valence-corrected chi connectivity index (χ0v) is 11.0. The molecule has 0 aromatic carbocycles. The third kappa shape index (κ3) is 2.48. The van der Waals surface area contributed by atoms with Crippen molar-refractivity contribution < 1.29 is 22.8 Å². The molecule has 1 aliphatic rings. The van der Waals surface area contributed by atoms with Crippen LogP contribution in [0.25, 0.3) is 0 Å². The van der Waals surface area contributed by atoms with E-state index in [4.69, 9.17) is 5.26 Å². The van der Waals surface area contributed by atoms with E-state index in [1.54, 1.807) is 12.2 Å². The maximum absolute atomic E-state index is 13.3. The number of amides is 2. The number of halogens is 3. The highest BCUT2D eigenvalue weighted by molar-refractivity contribution is 6.00. The topological polar surface area (TPSA) is 82.0 Å². The second-order valence-electron chi connectivity index (χ2n) is 4.47. The predicted molar refractivity (Wildman–Crippen MR) is 62.9 cm³/mol. The molecule has 2 amide bonds. The lowest BCUT2D eigenvalue weighted by Crippen LogP contribution is -2.64. The highest BCUT2D eigenvalue weighted by Crippen LogP contribution is 2.40. The Morgan fingerprint density at radius 2 is 2.10 bits per heavy atom. The summed E-state index contributed by atoms with van der Waals surface area (Å²) in [6.07, 6.45) is -4.22. The van der Waals surface area contributed by atoms with Gasteiger partial charge in [-0.05, 0) is 13.3 Å². The van der Waals surface area contributed by atoms with Crippen LogP contribution in [-0.2, 0) is 9.59 Å². The molecule has 1 rings (SSSR count). The molecule has 1 atom stereocenters. The number of nitrogens with one attached hydrogen (secondary N) is 2. The van der Waals surface area contributed by atoms with E-state index in [0.717, 1.165) is 0 Å². The lowest BCUT2D eigenvalue weighted by Gasteiger charge is -2.30. The van der Waals surface area contributed by atoms with Gasteiger partial charge >= 0.3 is 6.18 Å². The molecule has 5 nitrogen and oxygen atoms in total. The average molecular weight is 289 g/mol. The van der Waals surface area contributed by atoms with E-state index in [2.05, 4.69) is 0 Å². The smallest absolute Gasteiger partial charge is 0.330 e. The largest absolute Gasteiger partial charge is 0.425 e. The van der Waals surface area contributed by atoms with Crippen molar-refractivity contribution in [2.75, 3.05) is 0 Å². The zero-order valence-electron chi connectivity index (χ0n) is 11.0. The molecule has 0 aromatic heterocycles. The fourth-order valence-corrected chi connectivity index (χ4v) is 1.96. The van der Waals surface area contributed by atoms with Crippen molar-refractivity contribution >= 4 is 11.8 Å². The molecule has 0 aliphatic carbocycles. The van der Waals surface area contributed by atoms with Crippen LogP contribution in [0.5, 0.6) is 0 Å². The van der Waals surface area contributed by atoms with E-state index in [0.29, 0.717) is 12.8 Å². The molecule has 0 aromatic rings. The quantitative estimate of drug-likeness (QED) is 0.823. The fourth-order valence-electron chi connectivity index (χ4n) is 1.96. The summed E-state index contributed by atoms with van der Waals surface area (Å²) in [6, 6.07) is 1.36. The Balaban J connectivity index is 3.23. The SMILES string of the molecule is CCCCC(=O)N[C@@]1(C(F)(F)F)C(=O)NC(C)=C1C#N. The van der Waals surface area contributed by atoms with Crippen molar-refractivity contribution in [3.8, 4) is 6.07 Å². The summed E-state index contributed by atoms with van der Waals surface area (Å²) in [5.74, 6) is -2.37. The van der Waals surface area contributed by atoms with E-state index < -0.39 is 29.1 Å². The highest BCUT2D eigenvalue weighted by Gasteiger charge is 2.67. The summed E-state index contributed by atoms with van der Waals surface area (Å²) in [6.45, 7) is 2.96. The summed E-state index contributed by atoms with van der Waals surface area (Å²) in [4.78, 5) is 23.3. The van der Waals surface area contributed by atoms with E-state index in [1.165, 1.54) is 13.0 Å². The number of hydrogen-bond donors (Lipinski definition) is 2. The molecule has 2 N–H and O–H groups in total. The molecule has 0 saturated carbocycles. The Morgan fingerprint density at radius 1 is 1.50 bits per heavy atom. The molecule has 0 radical (unpaired) electrons. The van der Waals surface area contributed by atoms with Gasteiger partial charge in [0.05, 0.1) is 11.6 Å². The van der Waals surface area contributed by atoms with Crippen molar-refractivity contribution in [2.45, 2.75) is 44.8 Å². The fraction of sp³-hybridized carbons (Fsp3) is 0.583. The Bertz CT molecular complexity index is 505. The van der Waals surface area contributed by atoms with Gasteiger partial charge in [-0.25, -0.2) is 0 Å². The van der Waals surface area contributed by atoms with Crippen LogP contribution >= 0.6 is 0 Å². The molecule has 0 fully saturated rings. The van der Waals surface area contributed by atoms with Crippen molar-refractivity contribution in [3.05, 3.63) is 11.3 Å². The minimum atomic E-state index is -5.10. The average Bonchev–Trinajstić information content (AvgIpc) is 2.57. The number of nitrogens with zero attached hydrogens (tertiary/aromatic N) is 1. The minimum absolute atomic E-state index is 0.140. The lowest BCUT2D eigenvalue weighted by molar-refractivity contribution is -0.189. The number of unbranched alkanes of at least 4 members (excludes halogenated alkanes) is 1. The van der Waals surface area contributed by atoms with Gasteiger partial charge in [-0.1, -0.05) is 13.3 Å².